The third-order valence-electron chi connectivity index (χ3n) is 12.2. The summed E-state index contributed by atoms with van der Waals surface area (Å²) in [6.07, 6.45) is 58.6. The summed E-state index contributed by atoms with van der Waals surface area (Å²) in [7, 11) is -5.07. The van der Waals surface area contributed by atoms with E-state index in [2.05, 4.69) is 115 Å². The predicted octanol–water partition coefficient (Wildman–Crippen LogP) is 13.8. The molecule has 0 saturated carbocycles. The Morgan fingerprint density at radius 2 is 0.917 bits per heavy atom. The van der Waals surface area contributed by atoms with Crippen LogP contribution in [-0.2, 0) is 38.3 Å². The molecule has 414 valence electrons. The highest BCUT2D eigenvalue weighted by molar-refractivity contribution is 7.80. The highest BCUT2D eigenvalue weighted by Crippen LogP contribution is 2.26. The lowest BCUT2D eigenvalue weighted by molar-refractivity contribution is -0.301. The maximum Gasteiger partial charge on any atom is 0.397 e. The summed E-state index contributed by atoms with van der Waals surface area (Å²) in [5, 5.41) is 30.8. The van der Waals surface area contributed by atoms with E-state index in [1.807, 2.05) is 0 Å². The highest BCUT2D eigenvalue weighted by atomic mass is 32.3. The Labute approximate surface area is 437 Å². The Balaban J connectivity index is 2.33. The molecular formula is C59H100O12S. The topological polar surface area (TPSA) is 178 Å². The fraction of sp³-hybridized carbons (Fsp3) is 0.712. The van der Waals surface area contributed by atoms with E-state index in [0.717, 1.165) is 103 Å². The molecule has 6 unspecified atom stereocenters. The number of carbonyl (C=O) groups is 1. The van der Waals surface area contributed by atoms with E-state index in [0.29, 0.717) is 13.0 Å². The Morgan fingerprint density at radius 3 is 1.33 bits per heavy atom. The molecule has 1 heterocycles. The summed E-state index contributed by atoms with van der Waals surface area (Å²) in [5.41, 5.74) is 0. The van der Waals surface area contributed by atoms with Gasteiger partial charge in [-0.3, -0.25) is 9.35 Å². The van der Waals surface area contributed by atoms with Crippen molar-refractivity contribution in [3.05, 3.63) is 97.2 Å². The van der Waals surface area contributed by atoms with Gasteiger partial charge in [0, 0.05) is 13.0 Å². The minimum absolute atomic E-state index is 0.0247. The number of aliphatic hydroxyl groups excluding tert-OH is 3. The smallest absolute Gasteiger partial charge is 0.397 e. The molecule has 0 aromatic carbocycles. The number of hydrogen-bond acceptors (Lipinski definition) is 11. The predicted molar refractivity (Wildman–Crippen MR) is 294 cm³/mol. The number of ether oxygens (including phenoxy) is 4. The van der Waals surface area contributed by atoms with Gasteiger partial charge >= 0.3 is 16.4 Å². The number of aliphatic hydroxyl groups is 3. The second kappa shape index (κ2) is 48.9. The van der Waals surface area contributed by atoms with Gasteiger partial charge in [-0.05, 0) is 89.9 Å². The molecule has 0 bridgehead atoms. The molecule has 0 aromatic rings. The molecule has 1 fully saturated rings. The first kappa shape index (κ1) is 67.0. The van der Waals surface area contributed by atoms with E-state index in [-0.39, 0.29) is 19.6 Å². The molecule has 0 radical (unpaired) electrons. The molecule has 0 aromatic heterocycles. The summed E-state index contributed by atoms with van der Waals surface area (Å²) in [6.45, 7) is 3.75. The molecule has 1 rings (SSSR count). The van der Waals surface area contributed by atoms with Gasteiger partial charge in [-0.2, -0.15) is 8.42 Å². The number of unbranched alkanes of at least 4 members (excludes halogenated alkanes) is 19. The SMILES string of the molecule is CC/C=C\C/C=C\C/C=C\C/C=C\CCCCCCCCCCCCC(=O)OC(COCCCCCCCCCCC/C=C\C/C=C\C/C=C\C/C=C\CC)COC1OC(CO)C(O)C(OS(=O)(=O)O)C1O. The van der Waals surface area contributed by atoms with Gasteiger partial charge in [0.05, 0.1) is 19.8 Å². The van der Waals surface area contributed by atoms with E-state index in [1.165, 1.54) is 77.0 Å². The van der Waals surface area contributed by atoms with Crippen LogP contribution in [0.3, 0.4) is 0 Å². The van der Waals surface area contributed by atoms with Crippen LogP contribution in [0.15, 0.2) is 97.2 Å². The van der Waals surface area contributed by atoms with Gasteiger partial charge in [-0.25, -0.2) is 4.18 Å². The van der Waals surface area contributed by atoms with Crippen molar-refractivity contribution >= 4 is 16.4 Å². The average Bonchev–Trinajstić information content (AvgIpc) is 3.36. The lowest BCUT2D eigenvalue weighted by Crippen LogP contribution is -2.60. The minimum Gasteiger partial charge on any atom is -0.457 e. The molecule has 1 aliphatic rings. The van der Waals surface area contributed by atoms with Crippen molar-refractivity contribution in [2.75, 3.05) is 26.4 Å². The number of rotatable bonds is 48. The van der Waals surface area contributed by atoms with Crippen molar-refractivity contribution in [2.24, 2.45) is 0 Å². The third-order valence-corrected chi connectivity index (χ3v) is 12.7. The summed E-state index contributed by atoms with van der Waals surface area (Å²) in [5.74, 6) is -0.409. The number of allylic oxidation sites excluding steroid dienone is 16. The molecule has 0 aliphatic carbocycles. The van der Waals surface area contributed by atoms with E-state index in [9.17, 15) is 33.1 Å². The molecule has 4 N–H and O–H groups in total. The molecule has 0 spiro atoms. The van der Waals surface area contributed by atoms with E-state index in [1.54, 1.807) is 0 Å². The van der Waals surface area contributed by atoms with Crippen molar-refractivity contribution in [3.63, 3.8) is 0 Å². The van der Waals surface area contributed by atoms with E-state index < -0.39 is 59.8 Å². The number of esters is 1. The zero-order chi connectivity index (χ0) is 52.4. The summed E-state index contributed by atoms with van der Waals surface area (Å²) < 4.78 is 59.4. The minimum atomic E-state index is -5.07. The summed E-state index contributed by atoms with van der Waals surface area (Å²) in [4.78, 5) is 13.0. The molecular weight excluding hydrogens is 933 g/mol. The van der Waals surface area contributed by atoms with Crippen LogP contribution in [0, 0.1) is 0 Å². The fourth-order valence-electron chi connectivity index (χ4n) is 8.07. The van der Waals surface area contributed by atoms with Crippen molar-refractivity contribution in [1.29, 1.82) is 0 Å². The van der Waals surface area contributed by atoms with Gasteiger partial charge in [0.2, 0.25) is 0 Å². The van der Waals surface area contributed by atoms with Gasteiger partial charge in [-0.1, -0.05) is 207 Å². The first-order valence-electron chi connectivity index (χ1n) is 28.0. The standard InChI is InChI=1S/C59H100O12S/c1-3-5-7-9-11-13-15-17-19-21-23-25-27-28-30-32-34-36-38-40-42-44-46-48-55(61)69-53(52-68-59-57(63)58(71-72(64,65)66)56(62)54(50-60)70-59)51-67-49-47-45-43-41-39-37-35-33-31-29-26-24-22-20-18-16-14-12-10-8-6-4-2/h5-8,11-14,17-20,23-26,53-54,56-60,62-63H,3-4,9-10,15-16,21-22,27-52H2,1-2H3,(H,64,65,66)/b7-5-,8-6-,13-11-,14-12-,19-17-,20-18-,25-23-,26-24-. The summed E-state index contributed by atoms with van der Waals surface area (Å²) in [6, 6.07) is 0. The molecule has 72 heavy (non-hydrogen) atoms. The lowest BCUT2D eigenvalue weighted by Gasteiger charge is -2.41. The molecule has 1 aliphatic heterocycles. The number of carbonyl (C=O) groups excluding carboxylic acids is 1. The van der Waals surface area contributed by atoms with Crippen LogP contribution < -0.4 is 0 Å². The number of hydrogen-bond donors (Lipinski definition) is 4. The largest absolute Gasteiger partial charge is 0.457 e. The molecule has 13 heteroatoms. The Kier molecular flexibility index (Phi) is 45.6. The van der Waals surface area contributed by atoms with E-state index in [4.69, 9.17) is 18.9 Å². The van der Waals surface area contributed by atoms with Gasteiger partial charge in [0.25, 0.3) is 0 Å². The summed E-state index contributed by atoms with van der Waals surface area (Å²) >= 11 is 0. The highest BCUT2D eigenvalue weighted by Gasteiger charge is 2.48. The zero-order valence-electron chi connectivity index (χ0n) is 44.7. The van der Waals surface area contributed by atoms with Crippen LogP contribution in [0.4, 0.5) is 0 Å². The first-order chi connectivity index (χ1) is 35.1. The van der Waals surface area contributed by atoms with Crippen LogP contribution in [0.5, 0.6) is 0 Å². The Bertz CT molecular complexity index is 1620. The second-order valence-corrected chi connectivity index (χ2v) is 19.8. The Hall–Kier alpha value is -2.98. The van der Waals surface area contributed by atoms with Crippen molar-refractivity contribution < 1.29 is 56.2 Å². The van der Waals surface area contributed by atoms with Crippen LogP contribution >= 0.6 is 0 Å². The van der Waals surface area contributed by atoms with E-state index >= 15 is 0 Å². The van der Waals surface area contributed by atoms with Crippen molar-refractivity contribution in [1.82, 2.24) is 0 Å². The lowest BCUT2D eigenvalue weighted by atomic mass is 9.99. The quantitative estimate of drug-likeness (QED) is 0.0196. The molecule has 12 nitrogen and oxygen atoms in total. The van der Waals surface area contributed by atoms with Crippen molar-refractivity contribution in [2.45, 2.75) is 243 Å². The van der Waals surface area contributed by atoms with Gasteiger partial charge in [-0.15, -0.1) is 0 Å². The first-order valence-corrected chi connectivity index (χ1v) is 29.4. The van der Waals surface area contributed by atoms with Crippen LogP contribution in [-0.4, -0.2) is 97.5 Å². The third kappa shape index (κ3) is 41.4. The van der Waals surface area contributed by atoms with Gasteiger partial charge in [0.15, 0.2) is 6.29 Å². The van der Waals surface area contributed by atoms with Gasteiger partial charge < -0.3 is 34.3 Å². The average molecular weight is 1030 g/mol. The zero-order valence-corrected chi connectivity index (χ0v) is 45.5. The molecule has 6 atom stereocenters. The molecule has 1 saturated heterocycles. The van der Waals surface area contributed by atoms with Gasteiger partial charge in [0.1, 0.15) is 30.5 Å². The Morgan fingerprint density at radius 1 is 0.528 bits per heavy atom. The maximum atomic E-state index is 13.0. The van der Waals surface area contributed by atoms with Crippen LogP contribution in [0.2, 0.25) is 0 Å². The molecule has 0 amide bonds. The fourth-order valence-corrected chi connectivity index (χ4v) is 8.58. The normalized spacial score (nSPS) is 19.7. The monoisotopic (exact) mass is 1030 g/mol. The second-order valence-electron chi connectivity index (χ2n) is 18.8. The van der Waals surface area contributed by atoms with Crippen LogP contribution in [0.1, 0.15) is 206 Å². The van der Waals surface area contributed by atoms with Crippen LogP contribution in [0.25, 0.3) is 0 Å². The maximum absolute atomic E-state index is 13.0. The van der Waals surface area contributed by atoms with Crippen molar-refractivity contribution in [3.8, 4) is 0 Å².